The van der Waals surface area contributed by atoms with Crippen LogP contribution in [-0.2, 0) is 11.3 Å². The van der Waals surface area contributed by atoms with Gasteiger partial charge in [-0.05, 0) is 50.8 Å². The molecule has 8 nitrogen and oxygen atoms in total. The van der Waals surface area contributed by atoms with Gasteiger partial charge >= 0.3 is 5.69 Å². The van der Waals surface area contributed by atoms with Gasteiger partial charge in [0.05, 0.1) is 0 Å². The third-order valence-electron chi connectivity index (χ3n) is 5.03. The molecule has 2 aromatic heterocycles. The van der Waals surface area contributed by atoms with E-state index in [2.05, 4.69) is 20.3 Å². The topological polar surface area (TPSA) is 84.5 Å². The average molecular weight is 380 g/mol. The fourth-order valence-electron chi connectivity index (χ4n) is 3.56. The van der Waals surface area contributed by atoms with Crippen LogP contribution in [-0.4, -0.2) is 38.2 Å². The lowest BCUT2D eigenvalue weighted by Gasteiger charge is -2.17. The molecule has 1 aromatic carbocycles. The summed E-state index contributed by atoms with van der Waals surface area (Å²) in [4.78, 5) is 32.1. The van der Waals surface area contributed by atoms with Crippen molar-refractivity contribution in [1.82, 2.24) is 19.2 Å². The van der Waals surface area contributed by atoms with Crippen LogP contribution in [0.25, 0.3) is 5.65 Å². The minimum Gasteiger partial charge on any atom is -0.342 e. The van der Waals surface area contributed by atoms with Crippen molar-refractivity contribution >= 4 is 23.2 Å². The van der Waals surface area contributed by atoms with Gasteiger partial charge in [0.15, 0.2) is 5.65 Å². The molecule has 0 saturated carbocycles. The minimum absolute atomic E-state index is 0.146. The number of carbonyl (C=O) groups is 1. The van der Waals surface area contributed by atoms with Crippen LogP contribution >= 0.6 is 0 Å². The number of hydrogen-bond donors (Lipinski definition) is 1. The Bertz CT molecular complexity index is 1110. The summed E-state index contributed by atoms with van der Waals surface area (Å²) in [6, 6.07) is 7.63. The van der Waals surface area contributed by atoms with E-state index in [0.717, 1.165) is 48.4 Å². The highest BCUT2D eigenvalue weighted by Gasteiger charge is 2.21. The molecule has 0 atom stereocenters. The summed E-state index contributed by atoms with van der Waals surface area (Å²) in [5.41, 5.74) is 3.74. The Hall–Kier alpha value is -3.16. The number of aryl methyl sites for hydroxylation is 3. The van der Waals surface area contributed by atoms with Crippen LogP contribution < -0.4 is 15.9 Å². The molecule has 146 valence electrons. The summed E-state index contributed by atoms with van der Waals surface area (Å²) in [5, 5.41) is 7.24. The van der Waals surface area contributed by atoms with Gasteiger partial charge < -0.3 is 10.2 Å². The molecule has 0 spiro atoms. The van der Waals surface area contributed by atoms with E-state index in [1.807, 2.05) is 39.0 Å². The number of nitrogens with zero attached hydrogens (tertiary/aromatic N) is 5. The third kappa shape index (κ3) is 3.37. The third-order valence-corrected chi connectivity index (χ3v) is 5.03. The molecule has 1 amide bonds. The van der Waals surface area contributed by atoms with E-state index < -0.39 is 0 Å². The number of amides is 1. The molecule has 0 radical (unpaired) electrons. The van der Waals surface area contributed by atoms with Crippen LogP contribution in [0.2, 0.25) is 0 Å². The summed E-state index contributed by atoms with van der Waals surface area (Å²) in [6.07, 6.45) is 2.16. The van der Waals surface area contributed by atoms with Gasteiger partial charge in [0.25, 0.3) is 0 Å². The molecule has 0 aliphatic carbocycles. The highest BCUT2D eigenvalue weighted by atomic mass is 16.2. The van der Waals surface area contributed by atoms with Crippen LogP contribution in [0.1, 0.15) is 29.7 Å². The van der Waals surface area contributed by atoms with Gasteiger partial charge in [-0.25, -0.2) is 18.9 Å². The molecular formula is C20H24N6O2. The van der Waals surface area contributed by atoms with Gasteiger partial charge in [0.2, 0.25) is 11.9 Å². The molecule has 3 aromatic rings. The van der Waals surface area contributed by atoms with Crippen molar-refractivity contribution in [1.29, 1.82) is 0 Å². The Kier molecular flexibility index (Phi) is 4.62. The van der Waals surface area contributed by atoms with Crippen LogP contribution in [0.5, 0.6) is 0 Å². The van der Waals surface area contributed by atoms with E-state index in [1.54, 1.807) is 6.07 Å². The van der Waals surface area contributed by atoms with Crippen LogP contribution in [0.15, 0.2) is 29.1 Å². The van der Waals surface area contributed by atoms with E-state index in [4.69, 9.17) is 0 Å². The lowest BCUT2D eigenvalue weighted by atomic mass is 10.1. The molecule has 28 heavy (non-hydrogen) atoms. The second-order valence-corrected chi connectivity index (χ2v) is 7.39. The van der Waals surface area contributed by atoms with Gasteiger partial charge in [-0.2, -0.15) is 0 Å². The molecule has 0 bridgehead atoms. The predicted octanol–water partition coefficient (Wildman–Crippen LogP) is 2.06. The average Bonchev–Trinajstić information content (AvgIpc) is 3.27. The van der Waals surface area contributed by atoms with E-state index in [1.165, 1.54) is 9.08 Å². The van der Waals surface area contributed by atoms with Crippen molar-refractivity contribution in [3.8, 4) is 0 Å². The Morgan fingerprint density at radius 1 is 1.14 bits per heavy atom. The quantitative estimate of drug-likeness (QED) is 0.749. The molecule has 1 fully saturated rings. The Morgan fingerprint density at radius 3 is 2.64 bits per heavy atom. The van der Waals surface area contributed by atoms with Crippen molar-refractivity contribution in [2.75, 3.05) is 23.3 Å². The maximum atomic E-state index is 12.9. The number of anilines is 2. The molecule has 1 N–H and O–H groups in total. The summed E-state index contributed by atoms with van der Waals surface area (Å²) in [7, 11) is 0. The van der Waals surface area contributed by atoms with Gasteiger partial charge in [0, 0.05) is 30.5 Å². The highest BCUT2D eigenvalue weighted by molar-refractivity contribution is 5.91. The van der Waals surface area contributed by atoms with E-state index >= 15 is 0 Å². The lowest BCUT2D eigenvalue weighted by Crippen LogP contribution is -2.31. The molecule has 8 heteroatoms. The monoisotopic (exact) mass is 380 g/mol. The zero-order valence-electron chi connectivity index (χ0n) is 16.4. The first-order valence-electron chi connectivity index (χ1n) is 9.51. The summed E-state index contributed by atoms with van der Waals surface area (Å²) >= 11 is 0. The summed E-state index contributed by atoms with van der Waals surface area (Å²) < 4.78 is 2.71. The molecule has 4 rings (SSSR count). The SMILES string of the molecule is Cc1ccc(C)c(NC(=O)Cn2nc3cc(C)nc(N4CCCC4)n3c2=O)c1. The molecule has 0 unspecified atom stereocenters. The van der Waals surface area contributed by atoms with Crippen molar-refractivity contribution in [3.05, 3.63) is 51.6 Å². The van der Waals surface area contributed by atoms with Crippen molar-refractivity contribution in [3.63, 3.8) is 0 Å². The van der Waals surface area contributed by atoms with Crippen molar-refractivity contribution in [2.45, 2.75) is 40.2 Å². The molecule has 1 aliphatic heterocycles. The smallest absolute Gasteiger partial charge is 0.342 e. The predicted molar refractivity (Wildman–Crippen MR) is 108 cm³/mol. The second-order valence-electron chi connectivity index (χ2n) is 7.39. The standard InChI is InChI=1S/C20H24N6O2/c1-13-6-7-14(2)16(10-13)22-18(27)12-25-20(28)26-17(23-25)11-15(3)21-19(26)24-8-4-5-9-24/h6-7,10-11H,4-5,8-9,12H2,1-3H3,(H,22,27). The second kappa shape index (κ2) is 7.10. The minimum atomic E-state index is -0.347. The van der Waals surface area contributed by atoms with Crippen LogP contribution in [0.4, 0.5) is 11.6 Å². The highest BCUT2D eigenvalue weighted by Crippen LogP contribution is 2.19. The normalized spacial score (nSPS) is 14.0. The number of hydrogen-bond acceptors (Lipinski definition) is 5. The molecule has 3 heterocycles. The van der Waals surface area contributed by atoms with Crippen LogP contribution in [0, 0.1) is 20.8 Å². The zero-order valence-corrected chi connectivity index (χ0v) is 16.4. The fraction of sp³-hybridized carbons (Fsp3) is 0.400. The van der Waals surface area contributed by atoms with Gasteiger partial charge in [-0.1, -0.05) is 12.1 Å². The lowest BCUT2D eigenvalue weighted by molar-refractivity contribution is -0.117. The first-order chi connectivity index (χ1) is 13.4. The number of aromatic nitrogens is 4. The van der Waals surface area contributed by atoms with Gasteiger partial charge in [-0.3, -0.25) is 4.79 Å². The number of benzene rings is 1. The maximum absolute atomic E-state index is 12.9. The Morgan fingerprint density at radius 2 is 1.89 bits per heavy atom. The fourth-order valence-corrected chi connectivity index (χ4v) is 3.56. The first-order valence-corrected chi connectivity index (χ1v) is 9.51. The van der Waals surface area contributed by atoms with Crippen LogP contribution in [0.3, 0.4) is 0 Å². The molecular weight excluding hydrogens is 356 g/mol. The number of carbonyl (C=O) groups excluding carboxylic acids is 1. The first kappa shape index (κ1) is 18.2. The molecule has 1 saturated heterocycles. The van der Waals surface area contributed by atoms with Crippen molar-refractivity contribution in [2.24, 2.45) is 0 Å². The van der Waals surface area contributed by atoms with Gasteiger partial charge in [-0.15, -0.1) is 5.10 Å². The molecule has 1 aliphatic rings. The van der Waals surface area contributed by atoms with E-state index in [9.17, 15) is 9.59 Å². The van der Waals surface area contributed by atoms with Gasteiger partial charge in [0.1, 0.15) is 6.54 Å². The van der Waals surface area contributed by atoms with Crippen molar-refractivity contribution < 1.29 is 4.79 Å². The maximum Gasteiger partial charge on any atom is 0.353 e. The largest absolute Gasteiger partial charge is 0.353 e. The Balaban J connectivity index is 1.65. The summed E-state index contributed by atoms with van der Waals surface area (Å²) in [5.74, 6) is 0.324. The number of fused-ring (bicyclic) bond motifs is 1. The zero-order chi connectivity index (χ0) is 19.8. The summed E-state index contributed by atoms with van der Waals surface area (Å²) in [6.45, 7) is 7.38. The number of nitrogens with one attached hydrogen (secondary N) is 1. The number of rotatable bonds is 4. The Labute approximate surface area is 162 Å². The van der Waals surface area contributed by atoms with E-state index in [0.29, 0.717) is 11.6 Å². The van der Waals surface area contributed by atoms with E-state index in [-0.39, 0.29) is 18.1 Å².